The molecule has 0 aliphatic rings. The van der Waals surface area contributed by atoms with Crippen molar-refractivity contribution >= 4 is 17.9 Å². The highest BCUT2D eigenvalue weighted by Crippen LogP contribution is 2.13. The van der Waals surface area contributed by atoms with Gasteiger partial charge in [0.25, 0.3) is 0 Å². The van der Waals surface area contributed by atoms with Crippen molar-refractivity contribution in [2.75, 3.05) is 13.2 Å². The second-order valence-corrected chi connectivity index (χ2v) is 7.48. The summed E-state index contributed by atoms with van der Waals surface area (Å²) in [5.41, 5.74) is 0. The molecule has 0 spiro atoms. The van der Waals surface area contributed by atoms with E-state index in [1.54, 1.807) is 41.5 Å². The summed E-state index contributed by atoms with van der Waals surface area (Å²) in [5, 5.41) is 0. The third-order valence-corrected chi connectivity index (χ3v) is 4.54. The van der Waals surface area contributed by atoms with Crippen molar-refractivity contribution in [3.8, 4) is 0 Å². The summed E-state index contributed by atoms with van der Waals surface area (Å²) in [7, 11) is 0. The molecule has 0 aliphatic heterocycles. The quantitative estimate of drug-likeness (QED) is 0.149. The van der Waals surface area contributed by atoms with Gasteiger partial charge in [0.15, 0.2) is 0 Å². The molecule has 9 heteroatoms. The average molecular weight is 579 g/mol. The van der Waals surface area contributed by atoms with Gasteiger partial charge in [-0.3, -0.25) is 14.4 Å². The molecular formula is C30H74O9. The molecule has 0 N–H and O–H groups in total. The molecule has 6 unspecified atom stereocenters. The van der Waals surface area contributed by atoms with Gasteiger partial charge in [-0.1, -0.05) is 66.8 Å². The third-order valence-electron chi connectivity index (χ3n) is 4.54. The predicted octanol–water partition coefficient (Wildman–Crippen LogP) is 8.15. The fraction of sp³-hybridized carbons (Fsp3) is 0.900. The summed E-state index contributed by atoms with van der Waals surface area (Å²) in [5.74, 6) is -1.16. The van der Waals surface area contributed by atoms with E-state index >= 15 is 0 Å². The summed E-state index contributed by atoms with van der Waals surface area (Å²) in [4.78, 5) is 33.4. The highest BCUT2D eigenvalue weighted by molar-refractivity contribution is 5.66. The van der Waals surface area contributed by atoms with E-state index in [1.807, 2.05) is 0 Å². The Morgan fingerprint density at radius 1 is 0.436 bits per heavy atom. The fourth-order valence-electron chi connectivity index (χ4n) is 2.40. The number of carbonyl (C=O) groups excluding carboxylic acids is 3. The first kappa shape index (κ1) is 65.9. The van der Waals surface area contributed by atoms with Gasteiger partial charge in [-0.05, 0) is 41.5 Å². The van der Waals surface area contributed by atoms with Crippen LogP contribution in [0.5, 0.6) is 0 Å². The smallest absolute Gasteiger partial charge is 0.302 e. The molecule has 0 aliphatic carbocycles. The molecule has 0 fully saturated rings. The lowest BCUT2D eigenvalue weighted by Crippen LogP contribution is -2.39. The van der Waals surface area contributed by atoms with Crippen LogP contribution in [-0.2, 0) is 42.8 Å². The second kappa shape index (κ2) is 34.3. The zero-order valence-electron chi connectivity index (χ0n) is 19.6. The van der Waals surface area contributed by atoms with Gasteiger partial charge < -0.3 is 28.4 Å². The largest absolute Gasteiger partial charge is 0.460 e. The topological polar surface area (TPSA) is 107 Å². The predicted molar refractivity (Wildman–Crippen MR) is 169 cm³/mol. The van der Waals surface area contributed by atoms with Gasteiger partial charge in [-0.15, -0.1) is 0 Å². The molecule has 0 amide bonds. The Morgan fingerprint density at radius 3 is 0.897 bits per heavy atom. The van der Waals surface area contributed by atoms with E-state index in [1.165, 1.54) is 20.8 Å². The van der Waals surface area contributed by atoms with Crippen LogP contribution in [-0.4, -0.2) is 73.8 Å². The van der Waals surface area contributed by atoms with Crippen LogP contribution in [0.25, 0.3) is 0 Å². The maximum absolute atomic E-state index is 11.2. The summed E-state index contributed by atoms with van der Waals surface area (Å²) < 4.78 is 33.0. The zero-order chi connectivity index (χ0) is 23.4. The fourth-order valence-corrected chi connectivity index (χ4v) is 2.40. The Labute approximate surface area is 246 Å². The summed E-state index contributed by atoms with van der Waals surface area (Å²) in [6.45, 7) is 14.9. The van der Waals surface area contributed by atoms with Crippen LogP contribution >= 0.6 is 0 Å². The molecule has 0 rings (SSSR count). The van der Waals surface area contributed by atoms with Crippen molar-refractivity contribution < 1.29 is 42.8 Å². The molecule has 9 nitrogen and oxygen atoms in total. The van der Waals surface area contributed by atoms with Gasteiger partial charge >= 0.3 is 17.9 Å². The minimum absolute atomic E-state index is 0. The molecule has 0 aromatic carbocycles. The van der Waals surface area contributed by atoms with E-state index in [-0.39, 0.29) is 104 Å². The number of carbonyl (C=O) groups is 3. The Hall–Kier alpha value is -1.71. The molecule has 6 atom stereocenters. The maximum Gasteiger partial charge on any atom is 0.302 e. The number of hydrogen-bond acceptors (Lipinski definition) is 9. The van der Waals surface area contributed by atoms with Crippen LogP contribution in [0, 0.1) is 0 Å². The van der Waals surface area contributed by atoms with Crippen molar-refractivity contribution in [2.24, 2.45) is 0 Å². The first-order valence-corrected chi connectivity index (χ1v) is 10.2. The molecule has 0 heterocycles. The van der Waals surface area contributed by atoms with E-state index in [0.717, 1.165) is 0 Å². The molecule has 0 bridgehead atoms. The number of hydrogen-bond donors (Lipinski definition) is 0. The third kappa shape index (κ3) is 32.4. The monoisotopic (exact) mass is 579 g/mol. The van der Waals surface area contributed by atoms with Crippen molar-refractivity contribution in [3.05, 3.63) is 0 Å². The van der Waals surface area contributed by atoms with E-state index < -0.39 is 36.5 Å². The van der Waals surface area contributed by atoms with Gasteiger partial charge in [0.05, 0.1) is 31.5 Å². The Balaban J connectivity index is -0.000000117. The van der Waals surface area contributed by atoms with Crippen LogP contribution in [0.1, 0.15) is 129 Å². The van der Waals surface area contributed by atoms with E-state index in [0.29, 0.717) is 0 Å². The van der Waals surface area contributed by atoms with Crippen molar-refractivity contribution in [2.45, 2.75) is 172 Å². The standard InChI is InChI=1S/C21H38O9.9CH4/c1-12(14(3)27-18(7)22)25-10-21(30-17(6)16(5)29-20(9)24)11-26-13(2)15(4)28-19(8)23;;;;;;;;;/h12-17,21H,10-11H2,1-9H3;9*1H4. The van der Waals surface area contributed by atoms with Crippen LogP contribution in [0.4, 0.5) is 0 Å². The number of rotatable bonds is 14. The molecule has 248 valence electrons. The molecule has 0 radical (unpaired) electrons. The SMILES string of the molecule is C.C.C.C.C.C.C.C.C.CC(=O)OC(C)C(C)OCC(COC(C)C(C)OC(C)=O)OC(C)C(C)OC(C)=O. The van der Waals surface area contributed by atoms with E-state index in [9.17, 15) is 14.4 Å². The average Bonchev–Trinajstić information content (AvgIpc) is 2.61. The van der Waals surface area contributed by atoms with E-state index in [2.05, 4.69) is 0 Å². The summed E-state index contributed by atoms with van der Waals surface area (Å²) in [6, 6.07) is 0. The summed E-state index contributed by atoms with van der Waals surface area (Å²) in [6.07, 6.45) is -2.93. The molecule has 0 saturated heterocycles. The van der Waals surface area contributed by atoms with Crippen molar-refractivity contribution in [1.82, 2.24) is 0 Å². The molecule has 39 heavy (non-hydrogen) atoms. The maximum atomic E-state index is 11.2. The molecule has 0 aromatic heterocycles. The highest BCUT2D eigenvalue weighted by atomic mass is 16.6. The van der Waals surface area contributed by atoms with Crippen molar-refractivity contribution in [3.63, 3.8) is 0 Å². The van der Waals surface area contributed by atoms with Crippen LogP contribution in [0.3, 0.4) is 0 Å². The van der Waals surface area contributed by atoms with Gasteiger partial charge in [0.2, 0.25) is 0 Å². The highest BCUT2D eigenvalue weighted by Gasteiger charge is 2.25. The molecule has 0 aromatic rings. The normalized spacial score (nSPS) is 14.1. The molecular weight excluding hydrogens is 504 g/mol. The zero-order valence-corrected chi connectivity index (χ0v) is 19.6. The minimum atomic E-state index is -0.489. The lowest BCUT2D eigenvalue weighted by molar-refractivity contribution is -0.174. The van der Waals surface area contributed by atoms with Crippen LogP contribution < -0.4 is 0 Å². The number of ether oxygens (including phenoxy) is 6. The molecule has 0 saturated carbocycles. The lowest BCUT2D eigenvalue weighted by atomic mass is 10.2. The minimum Gasteiger partial charge on any atom is -0.460 e. The van der Waals surface area contributed by atoms with Crippen LogP contribution in [0.2, 0.25) is 0 Å². The van der Waals surface area contributed by atoms with Gasteiger partial charge in [-0.2, -0.15) is 0 Å². The van der Waals surface area contributed by atoms with Gasteiger partial charge in [0, 0.05) is 20.8 Å². The Kier molecular flexibility index (Phi) is 58.0. The number of esters is 3. The Bertz CT molecular complexity index is 509. The first-order valence-electron chi connectivity index (χ1n) is 10.2. The lowest BCUT2D eigenvalue weighted by Gasteiger charge is -2.29. The van der Waals surface area contributed by atoms with E-state index in [4.69, 9.17) is 28.4 Å². The summed E-state index contributed by atoms with van der Waals surface area (Å²) >= 11 is 0. The van der Waals surface area contributed by atoms with Gasteiger partial charge in [-0.25, -0.2) is 0 Å². The van der Waals surface area contributed by atoms with Crippen molar-refractivity contribution in [1.29, 1.82) is 0 Å². The van der Waals surface area contributed by atoms with Crippen LogP contribution in [0.15, 0.2) is 0 Å². The first-order chi connectivity index (χ1) is 13.8. The Morgan fingerprint density at radius 2 is 0.667 bits per heavy atom. The van der Waals surface area contributed by atoms with Gasteiger partial charge in [0.1, 0.15) is 24.4 Å². The second-order valence-electron chi connectivity index (χ2n) is 7.48.